The van der Waals surface area contributed by atoms with E-state index in [4.69, 9.17) is 4.74 Å². The highest BCUT2D eigenvalue weighted by Crippen LogP contribution is 2.21. The molecule has 0 radical (unpaired) electrons. The molecule has 1 saturated carbocycles. The van der Waals surface area contributed by atoms with Gasteiger partial charge in [0.25, 0.3) is 0 Å². The Bertz CT molecular complexity index is 274. The van der Waals surface area contributed by atoms with Crippen molar-refractivity contribution in [1.82, 2.24) is 10.2 Å². The fraction of sp³-hybridized carbons (Fsp3) is 0.917. The van der Waals surface area contributed by atoms with E-state index in [1.165, 1.54) is 0 Å². The van der Waals surface area contributed by atoms with Gasteiger partial charge in [0.05, 0.1) is 18.2 Å². The van der Waals surface area contributed by atoms with Gasteiger partial charge in [-0.05, 0) is 33.6 Å². The van der Waals surface area contributed by atoms with E-state index in [0.717, 1.165) is 25.9 Å². The minimum absolute atomic E-state index is 0.0382. The van der Waals surface area contributed by atoms with Crippen molar-refractivity contribution in [3.8, 4) is 0 Å². The maximum atomic E-state index is 11.9. The topological polar surface area (TPSA) is 41.6 Å². The number of hydrogen-bond donors (Lipinski definition) is 1. The van der Waals surface area contributed by atoms with E-state index in [1.54, 1.807) is 0 Å². The van der Waals surface area contributed by atoms with E-state index in [9.17, 15) is 4.79 Å². The number of morpholine rings is 1. The van der Waals surface area contributed by atoms with Crippen LogP contribution < -0.4 is 5.32 Å². The Morgan fingerprint density at radius 2 is 2.19 bits per heavy atom. The molecule has 1 saturated heterocycles. The normalized spacial score (nSPS) is 27.4. The summed E-state index contributed by atoms with van der Waals surface area (Å²) in [4.78, 5) is 14.1. The van der Waals surface area contributed by atoms with E-state index >= 15 is 0 Å². The van der Waals surface area contributed by atoms with Crippen LogP contribution in [-0.2, 0) is 9.53 Å². The average molecular weight is 226 g/mol. The third-order valence-corrected chi connectivity index (χ3v) is 3.31. The molecule has 0 spiro atoms. The van der Waals surface area contributed by atoms with Crippen molar-refractivity contribution < 1.29 is 9.53 Å². The Morgan fingerprint density at radius 3 is 2.75 bits per heavy atom. The number of hydrogen-bond acceptors (Lipinski definition) is 3. The average Bonchev–Trinajstić information content (AvgIpc) is 2.99. The molecule has 1 unspecified atom stereocenters. The van der Waals surface area contributed by atoms with Crippen molar-refractivity contribution in [2.75, 3.05) is 19.7 Å². The maximum Gasteiger partial charge on any atom is 0.237 e. The largest absolute Gasteiger partial charge is 0.373 e. The van der Waals surface area contributed by atoms with Crippen molar-refractivity contribution in [2.24, 2.45) is 0 Å². The Morgan fingerprint density at radius 1 is 1.50 bits per heavy atom. The standard InChI is InChI=1S/C12H22N2O2/c1-9(11(15)13-10-4-5-10)14-6-7-16-12(2,3)8-14/h9-10H,4-8H2,1-3H3,(H,13,15). The van der Waals surface area contributed by atoms with Crippen LogP contribution in [0.3, 0.4) is 0 Å². The third kappa shape index (κ3) is 2.95. The summed E-state index contributed by atoms with van der Waals surface area (Å²) in [6.07, 6.45) is 2.29. The molecule has 1 heterocycles. The van der Waals surface area contributed by atoms with Crippen LogP contribution in [0.15, 0.2) is 0 Å². The van der Waals surface area contributed by atoms with E-state index in [2.05, 4.69) is 24.1 Å². The van der Waals surface area contributed by atoms with Crippen molar-refractivity contribution >= 4 is 5.91 Å². The summed E-state index contributed by atoms with van der Waals surface area (Å²) in [6, 6.07) is 0.410. The van der Waals surface area contributed by atoms with Crippen LogP contribution in [0.5, 0.6) is 0 Å². The molecule has 0 bridgehead atoms. The molecule has 4 nitrogen and oxygen atoms in total. The summed E-state index contributed by atoms with van der Waals surface area (Å²) < 4.78 is 5.65. The second kappa shape index (κ2) is 4.34. The van der Waals surface area contributed by atoms with Crippen LogP contribution in [0.4, 0.5) is 0 Å². The van der Waals surface area contributed by atoms with Gasteiger partial charge in [0.1, 0.15) is 0 Å². The molecular formula is C12H22N2O2. The van der Waals surface area contributed by atoms with Crippen molar-refractivity contribution in [1.29, 1.82) is 0 Å². The van der Waals surface area contributed by atoms with Crippen molar-refractivity contribution in [3.05, 3.63) is 0 Å². The number of carbonyl (C=O) groups is 1. The SMILES string of the molecule is CC(C(=O)NC1CC1)N1CCOC(C)(C)C1. The van der Waals surface area contributed by atoms with Gasteiger partial charge in [-0.1, -0.05) is 0 Å². The molecule has 2 rings (SSSR count). The zero-order chi connectivity index (χ0) is 11.8. The van der Waals surface area contributed by atoms with Crippen LogP contribution in [0, 0.1) is 0 Å². The van der Waals surface area contributed by atoms with Gasteiger partial charge in [-0.3, -0.25) is 9.69 Å². The first-order valence-corrected chi connectivity index (χ1v) is 6.16. The third-order valence-electron chi connectivity index (χ3n) is 3.31. The van der Waals surface area contributed by atoms with Gasteiger partial charge in [0, 0.05) is 19.1 Å². The van der Waals surface area contributed by atoms with Crippen LogP contribution in [0.25, 0.3) is 0 Å². The maximum absolute atomic E-state index is 11.9. The van der Waals surface area contributed by atoms with Gasteiger partial charge in [-0.2, -0.15) is 0 Å². The van der Waals surface area contributed by atoms with E-state index in [0.29, 0.717) is 12.6 Å². The molecule has 1 aliphatic heterocycles. The molecule has 4 heteroatoms. The van der Waals surface area contributed by atoms with Crippen molar-refractivity contribution in [2.45, 2.75) is 51.3 Å². The van der Waals surface area contributed by atoms with Gasteiger partial charge in [0.2, 0.25) is 5.91 Å². The van der Waals surface area contributed by atoms with Gasteiger partial charge in [-0.15, -0.1) is 0 Å². The molecule has 1 atom stereocenters. The van der Waals surface area contributed by atoms with Gasteiger partial charge < -0.3 is 10.1 Å². The minimum Gasteiger partial charge on any atom is -0.373 e. The number of amides is 1. The lowest BCUT2D eigenvalue weighted by Gasteiger charge is -2.40. The zero-order valence-corrected chi connectivity index (χ0v) is 10.5. The summed E-state index contributed by atoms with van der Waals surface area (Å²) in [5.74, 6) is 0.167. The molecular weight excluding hydrogens is 204 g/mol. The Kier molecular flexibility index (Phi) is 3.22. The number of nitrogens with one attached hydrogen (secondary N) is 1. The number of nitrogens with zero attached hydrogens (tertiary/aromatic N) is 1. The minimum atomic E-state index is -0.133. The summed E-state index contributed by atoms with van der Waals surface area (Å²) in [7, 11) is 0. The van der Waals surface area contributed by atoms with E-state index in [1.807, 2.05) is 6.92 Å². The van der Waals surface area contributed by atoms with Crippen LogP contribution in [-0.4, -0.2) is 48.2 Å². The zero-order valence-electron chi connectivity index (χ0n) is 10.5. The van der Waals surface area contributed by atoms with Gasteiger partial charge in [0.15, 0.2) is 0 Å². The molecule has 0 aromatic rings. The monoisotopic (exact) mass is 226 g/mol. The molecule has 1 aliphatic carbocycles. The lowest BCUT2D eigenvalue weighted by Crippen LogP contribution is -2.55. The number of carbonyl (C=O) groups excluding carboxylic acids is 1. The second-order valence-corrected chi connectivity index (χ2v) is 5.54. The highest BCUT2D eigenvalue weighted by Gasteiger charge is 2.33. The number of ether oxygens (including phenoxy) is 1. The van der Waals surface area contributed by atoms with Crippen LogP contribution in [0.1, 0.15) is 33.6 Å². The van der Waals surface area contributed by atoms with Crippen LogP contribution >= 0.6 is 0 Å². The highest BCUT2D eigenvalue weighted by atomic mass is 16.5. The molecule has 1 amide bonds. The fourth-order valence-corrected chi connectivity index (χ4v) is 2.10. The Hall–Kier alpha value is -0.610. The lowest BCUT2D eigenvalue weighted by atomic mass is 10.1. The number of rotatable bonds is 3. The first-order chi connectivity index (χ1) is 7.48. The highest BCUT2D eigenvalue weighted by molar-refractivity contribution is 5.81. The summed E-state index contributed by atoms with van der Waals surface area (Å²) in [5.41, 5.74) is -0.133. The molecule has 92 valence electrons. The molecule has 1 N–H and O–H groups in total. The van der Waals surface area contributed by atoms with Gasteiger partial charge >= 0.3 is 0 Å². The van der Waals surface area contributed by atoms with Gasteiger partial charge in [-0.25, -0.2) is 0 Å². The molecule has 16 heavy (non-hydrogen) atoms. The fourth-order valence-electron chi connectivity index (χ4n) is 2.10. The molecule has 2 aliphatic rings. The quantitative estimate of drug-likeness (QED) is 0.772. The smallest absolute Gasteiger partial charge is 0.237 e. The first kappa shape index (κ1) is 11.9. The molecule has 0 aromatic heterocycles. The van der Waals surface area contributed by atoms with E-state index in [-0.39, 0.29) is 17.6 Å². The Balaban J connectivity index is 1.87. The van der Waals surface area contributed by atoms with E-state index < -0.39 is 0 Å². The predicted octanol–water partition coefficient (Wildman–Crippen LogP) is 0.764. The summed E-state index contributed by atoms with van der Waals surface area (Å²) in [6.45, 7) is 8.53. The second-order valence-electron chi connectivity index (χ2n) is 5.54. The summed E-state index contributed by atoms with van der Waals surface area (Å²) >= 11 is 0. The van der Waals surface area contributed by atoms with Crippen molar-refractivity contribution in [3.63, 3.8) is 0 Å². The summed E-state index contributed by atoms with van der Waals surface area (Å²) in [5, 5.41) is 3.06. The Labute approximate surface area is 97.3 Å². The van der Waals surface area contributed by atoms with Crippen LogP contribution in [0.2, 0.25) is 0 Å². The molecule has 2 fully saturated rings. The first-order valence-electron chi connectivity index (χ1n) is 6.16. The predicted molar refractivity (Wildman–Crippen MR) is 62.2 cm³/mol. The molecule has 0 aromatic carbocycles. The lowest BCUT2D eigenvalue weighted by molar-refractivity contribution is -0.134.